The van der Waals surface area contributed by atoms with E-state index in [0.717, 1.165) is 22.9 Å². The summed E-state index contributed by atoms with van der Waals surface area (Å²) < 4.78 is 41.4. The number of rotatable bonds is 3. The number of halogens is 3. The lowest BCUT2D eigenvalue weighted by atomic mass is 10.2. The minimum Gasteiger partial charge on any atom is -0.304 e. The SMILES string of the molecule is Cc1cc(=O)c(C(=O)Nc2ccn(C)n2)nn1-c1cccc(C(F)(F)F)c1. The summed E-state index contributed by atoms with van der Waals surface area (Å²) in [5, 5.41) is 10.4. The molecule has 1 amide bonds. The molecular weight excluding hydrogens is 363 g/mol. The number of benzene rings is 1. The van der Waals surface area contributed by atoms with Gasteiger partial charge in [-0.05, 0) is 25.1 Å². The number of amides is 1. The first kappa shape index (κ1) is 18.4. The standard InChI is InChI=1S/C17H14F3N5O2/c1-10-8-13(26)15(16(27)21-14-6-7-24(2)22-14)23-25(10)12-5-3-4-11(9-12)17(18,19)20/h3-9H,1-2H3,(H,21,22,27). The Bertz CT molecular complexity index is 1070. The van der Waals surface area contributed by atoms with Crippen molar-refractivity contribution < 1.29 is 18.0 Å². The van der Waals surface area contributed by atoms with Gasteiger partial charge in [0.15, 0.2) is 11.5 Å². The fourth-order valence-electron chi connectivity index (χ4n) is 2.44. The van der Waals surface area contributed by atoms with Crippen molar-refractivity contribution in [1.29, 1.82) is 0 Å². The highest BCUT2D eigenvalue weighted by Gasteiger charge is 2.30. The molecule has 0 fully saturated rings. The lowest BCUT2D eigenvalue weighted by Crippen LogP contribution is -2.27. The van der Waals surface area contributed by atoms with Gasteiger partial charge >= 0.3 is 6.18 Å². The van der Waals surface area contributed by atoms with Gasteiger partial charge < -0.3 is 5.32 Å². The van der Waals surface area contributed by atoms with E-state index < -0.39 is 28.8 Å². The fraction of sp³-hybridized carbons (Fsp3) is 0.176. The van der Waals surface area contributed by atoms with E-state index in [1.54, 1.807) is 13.2 Å². The summed E-state index contributed by atoms with van der Waals surface area (Å²) in [5.41, 5.74) is -1.60. The lowest BCUT2D eigenvalue weighted by Gasteiger charge is -2.13. The summed E-state index contributed by atoms with van der Waals surface area (Å²) in [7, 11) is 1.65. The monoisotopic (exact) mass is 377 g/mol. The van der Waals surface area contributed by atoms with Gasteiger partial charge in [-0.25, -0.2) is 4.68 Å². The number of aryl methyl sites for hydroxylation is 2. The van der Waals surface area contributed by atoms with Gasteiger partial charge in [-0.2, -0.15) is 23.4 Å². The van der Waals surface area contributed by atoms with Crippen molar-refractivity contribution >= 4 is 11.7 Å². The van der Waals surface area contributed by atoms with E-state index in [-0.39, 0.29) is 17.2 Å². The number of carbonyl (C=O) groups excluding carboxylic acids is 1. The predicted octanol–water partition coefficient (Wildman–Crippen LogP) is 2.55. The van der Waals surface area contributed by atoms with Crippen molar-refractivity contribution in [2.75, 3.05) is 5.32 Å². The molecule has 0 saturated carbocycles. The van der Waals surface area contributed by atoms with Crippen LogP contribution in [0.1, 0.15) is 21.7 Å². The fourth-order valence-corrected chi connectivity index (χ4v) is 2.44. The van der Waals surface area contributed by atoms with E-state index in [2.05, 4.69) is 15.5 Å². The van der Waals surface area contributed by atoms with Crippen LogP contribution in [0.3, 0.4) is 0 Å². The highest BCUT2D eigenvalue weighted by atomic mass is 19.4. The van der Waals surface area contributed by atoms with Crippen LogP contribution in [-0.2, 0) is 13.2 Å². The Balaban J connectivity index is 2.02. The van der Waals surface area contributed by atoms with Crippen LogP contribution in [0, 0.1) is 6.92 Å². The second-order valence-electron chi connectivity index (χ2n) is 5.79. The van der Waals surface area contributed by atoms with Crippen molar-refractivity contribution in [3.63, 3.8) is 0 Å². The molecule has 0 radical (unpaired) electrons. The molecule has 0 aliphatic heterocycles. The van der Waals surface area contributed by atoms with Crippen LogP contribution in [0.15, 0.2) is 47.4 Å². The van der Waals surface area contributed by atoms with Crippen LogP contribution < -0.4 is 10.7 Å². The molecule has 140 valence electrons. The number of anilines is 1. The number of nitrogens with one attached hydrogen (secondary N) is 1. The Kier molecular flexibility index (Phi) is 4.56. The molecule has 1 aromatic carbocycles. The van der Waals surface area contributed by atoms with Gasteiger partial charge in [0.25, 0.3) is 5.91 Å². The molecule has 3 rings (SSSR count). The zero-order valence-corrected chi connectivity index (χ0v) is 14.3. The number of nitrogens with zero attached hydrogens (tertiary/aromatic N) is 4. The number of alkyl halides is 3. The highest BCUT2D eigenvalue weighted by Crippen LogP contribution is 2.30. The third-order valence-corrected chi connectivity index (χ3v) is 3.70. The van der Waals surface area contributed by atoms with E-state index in [1.807, 2.05) is 0 Å². The maximum Gasteiger partial charge on any atom is 0.416 e. The Morgan fingerprint density at radius 3 is 2.52 bits per heavy atom. The second-order valence-corrected chi connectivity index (χ2v) is 5.79. The largest absolute Gasteiger partial charge is 0.416 e. The molecule has 0 unspecified atom stereocenters. The summed E-state index contributed by atoms with van der Waals surface area (Å²) in [6, 6.07) is 7.12. The third-order valence-electron chi connectivity index (χ3n) is 3.70. The Labute approximate surface area is 151 Å². The Hall–Kier alpha value is -3.43. The molecule has 7 nitrogen and oxygen atoms in total. The van der Waals surface area contributed by atoms with Crippen LogP contribution >= 0.6 is 0 Å². The first-order chi connectivity index (χ1) is 12.6. The molecule has 0 aliphatic rings. The van der Waals surface area contributed by atoms with Crippen molar-refractivity contribution in [3.8, 4) is 5.69 Å². The van der Waals surface area contributed by atoms with E-state index in [9.17, 15) is 22.8 Å². The van der Waals surface area contributed by atoms with Gasteiger partial charge in [0.05, 0.1) is 11.3 Å². The third kappa shape index (κ3) is 3.89. The van der Waals surface area contributed by atoms with Crippen molar-refractivity contribution in [2.45, 2.75) is 13.1 Å². The summed E-state index contributed by atoms with van der Waals surface area (Å²) in [4.78, 5) is 24.5. The van der Waals surface area contributed by atoms with Gasteiger partial charge in [-0.15, -0.1) is 0 Å². The van der Waals surface area contributed by atoms with E-state index >= 15 is 0 Å². The van der Waals surface area contributed by atoms with E-state index in [1.165, 1.54) is 29.8 Å². The Morgan fingerprint density at radius 2 is 1.89 bits per heavy atom. The number of hydrogen-bond donors (Lipinski definition) is 1. The summed E-state index contributed by atoms with van der Waals surface area (Å²) >= 11 is 0. The smallest absolute Gasteiger partial charge is 0.304 e. The van der Waals surface area contributed by atoms with Gasteiger partial charge in [-0.1, -0.05) is 6.07 Å². The molecule has 3 aromatic rings. The first-order valence-corrected chi connectivity index (χ1v) is 7.75. The number of carbonyl (C=O) groups is 1. The van der Waals surface area contributed by atoms with E-state index in [4.69, 9.17) is 0 Å². The average Bonchev–Trinajstić information content (AvgIpc) is 2.99. The molecule has 1 N–H and O–H groups in total. The van der Waals surface area contributed by atoms with Crippen LogP contribution in [0.5, 0.6) is 0 Å². The predicted molar refractivity (Wildman–Crippen MR) is 90.7 cm³/mol. The summed E-state index contributed by atoms with van der Waals surface area (Å²) in [6.45, 7) is 1.51. The minimum atomic E-state index is -4.53. The lowest BCUT2D eigenvalue weighted by molar-refractivity contribution is -0.137. The van der Waals surface area contributed by atoms with Crippen LogP contribution in [0.4, 0.5) is 19.0 Å². The van der Waals surface area contributed by atoms with Gasteiger partial charge in [0, 0.05) is 31.1 Å². The van der Waals surface area contributed by atoms with Crippen molar-refractivity contribution in [1.82, 2.24) is 19.6 Å². The molecular formula is C17H14F3N5O2. The van der Waals surface area contributed by atoms with Gasteiger partial charge in [0.1, 0.15) is 0 Å². The van der Waals surface area contributed by atoms with Crippen LogP contribution in [0.2, 0.25) is 0 Å². The normalized spacial score (nSPS) is 11.4. The van der Waals surface area contributed by atoms with Crippen LogP contribution in [0.25, 0.3) is 5.69 Å². The Morgan fingerprint density at radius 1 is 1.15 bits per heavy atom. The summed E-state index contributed by atoms with van der Waals surface area (Å²) in [6.07, 6.45) is -2.93. The topological polar surface area (TPSA) is 81.8 Å². The molecule has 2 aromatic heterocycles. The van der Waals surface area contributed by atoms with Crippen molar-refractivity contribution in [3.05, 3.63) is 69.8 Å². The zero-order valence-electron chi connectivity index (χ0n) is 14.3. The quantitative estimate of drug-likeness (QED) is 0.761. The molecule has 0 aliphatic carbocycles. The number of hydrogen-bond acceptors (Lipinski definition) is 4. The molecule has 0 atom stereocenters. The molecule has 10 heteroatoms. The van der Waals surface area contributed by atoms with Gasteiger partial charge in [0.2, 0.25) is 5.43 Å². The van der Waals surface area contributed by atoms with Crippen molar-refractivity contribution in [2.24, 2.45) is 7.05 Å². The summed E-state index contributed by atoms with van der Waals surface area (Å²) in [5.74, 6) is -0.589. The minimum absolute atomic E-state index is 0.0780. The second kappa shape index (κ2) is 6.71. The number of aromatic nitrogens is 4. The molecule has 2 heterocycles. The van der Waals surface area contributed by atoms with Crippen LogP contribution in [-0.4, -0.2) is 25.5 Å². The molecule has 0 spiro atoms. The molecule has 0 bridgehead atoms. The first-order valence-electron chi connectivity index (χ1n) is 7.75. The van der Waals surface area contributed by atoms with Gasteiger partial charge in [-0.3, -0.25) is 14.3 Å². The maximum absolute atomic E-state index is 12.9. The zero-order chi connectivity index (χ0) is 19.8. The molecule has 27 heavy (non-hydrogen) atoms. The highest BCUT2D eigenvalue weighted by molar-refractivity contribution is 6.02. The maximum atomic E-state index is 12.9. The van der Waals surface area contributed by atoms with E-state index in [0.29, 0.717) is 0 Å². The average molecular weight is 377 g/mol. The molecule has 0 saturated heterocycles.